The molecule has 1 aromatic carbocycles. The number of hydrogen-bond acceptors (Lipinski definition) is 5. The van der Waals surface area contributed by atoms with Crippen molar-refractivity contribution in [3.63, 3.8) is 0 Å². The lowest BCUT2D eigenvalue weighted by molar-refractivity contribution is -0.153. The summed E-state index contributed by atoms with van der Waals surface area (Å²) >= 11 is 11.8. The van der Waals surface area contributed by atoms with E-state index in [-0.39, 0.29) is 13.4 Å². The molecule has 1 atom stereocenters. The van der Waals surface area contributed by atoms with Gasteiger partial charge >= 0.3 is 5.97 Å². The van der Waals surface area contributed by atoms with Gasteiger partial charge in [-0.1, -0.05) is 6.07 Å². The highest BCUT2D eigenvalue weighted by Gasteiger charge is 2.69. The third-order valence-electron chi connectivity index (χ3n) is 3.97. The number of amides is 1. The first-order valence-electron chi connectivity index (χ1n) is 7.02. The first kappa shape index (κ1) is 16.2. The highest BCUT2D eigenvalue weighted by atomic mass is 35.5. The monoisotopic (exact) mass is 359 g/mol. The van der Waals surface area contributed by atoms with Gasteiger partial charge in [0.1, 0.15) is 9.75 Å². The van der Waals surface area contributed by atoms with Gasteiger partial charge < -0.3 is 19.5 Å². The molecule has 0 radical (unpaired) electrons. The van der Waals surface area contributed by atoms with Gasteiger partial charge in [-0.2, -0.15) is 0 Å². The lowest BCUT2D eigenvalue weighted by atomic mass is 10.1. The lowest BCUT2D eigenvalue weighted by Gasteiger charge is -2.12. The molecule has 0 bridgehead atoms. The molecule has 1 aliphatic heterocycles. The molecule has 3 rings (SSSR count). The molecule has 1 N–H and O–H groups in total. The number of carbonyl (C=O) groups is 2. The van der Waals surface area contributed by atoms with Crippen molar-refractivity contribution in [2.75, 3.05) is 13.4 Å². The zero-order valence-corrected chi connectivity index (χ0v) is 13.9. The molecule has 0 saturated heterocycles. The number of benzene rings is 1. The maximum absolute atomic E-state index is 11.8. The Labute approximate surface area is 143 Å². The highest BCUT2D eigenvalue weighted by molar-refractivity contribution is 6.53. The van der Waals surface area contributed by atoms with Crippen LogP contribution in [0.5, 0.6) is 11.5 Å². The van der Waals surface area contributed by atoms with Gasteiger partial charge in [0.15, 0.2) is 18.1 Å². The maximum atomic E-state index is 11.8. The van der Waals surface area contributed by atoms with Crippen LogP contribution < -0.4 is 14.8 Å². The number of ether oxygens (including phenoxy) is 3. The summed E-state index contributed by atoms with van der Waals surface area (Å²) < 4.78 is 14.3. The van der Waals surface area contributed by atoms with Crippen molar-refractivity contribution >= 4 is 35.1 Å². The Morgan fingerprint density at radius 2 is 2.00 bits per heavy atom. The van der Waals surface area contributed by atoms with Gasteiger partial charge in [-0.25, -0.2) is 0 Å². The number of fused-ring (bicyclic) bond motifs is 1. The normalized spacial score (nSPS) is 23.3. The Kier molecular flexibility index (Phi) is 4.06. The van der Waals surface area contributed by atoms with E-state index in [0.29, 0.717) is 24.5 Å². The molecule has 0 aromatic heterocycles. The molecule has 124 valence electrons. The Morgan fingerprint density at radius 3 is 2.70 bits per heavy atom. The molecule has 0 unspecified atom stereocenters. The minimum Gasteiger partial charge on any atom is -0.455 e. The van der Waals surface area contributed by atoms with Crippen LogP contribution in [0.1, 0.15) is 18.9 Å². The van der Waals surface area contributed by atoms with Crippen molar-refractivity contribution in [1.82, 2.24) is 5.32 Å². The summed E-state index contributed by atoms with van der Waals surface area (Å²) in [4.78, 5) is 23.6. The average Bonchev–Trinajstić information content (AvgIpc) is 2.88. The average molecular weight is 360 g/mol. The van der Waals surface area contributed by atoms with Crippen LogP contribution in [0.2, 0.25) is 0 Å². The standard InChI is InChI=1S/C15H15Cl2NO5/c1-14(7-15(14,16)17)13(20)21-6-12(19)18-5-9-2-3-10-11(4-9)23-8-22-10/h2-4H,5-8H2,1H3,(H,18,19)/t14-/m1/s1. The van der Waals surface area contributed by atoms with Crippen LogP contribution in [-0.4, -0.2) is 29.6 Å². The molecular weight excluding hydrogens is 345 g/mol. The first-order chi connectivity index (χ1) is 10.8. The van der Waals surface area contributed by atoms with Crippen LogP contribution >= 0.6 is 23.2 Å². The van der Waals surface area contributed by atoms with E-state index in [2.05, 4.69) is 5.32 Å². The van der Waals surface area contributed by atoms with E-state index in [9.17, 15) is 9.59 Å². The number of rotatable bonds is 5. The van der Waals surface area contributed by atoms with Crippen LogP contribution in [0.15, 0.2) is 18.2 Å². The number of hydrogen-bond donors (Lipinski definition) is 1. The summed E-state index contributed by atoms with van der Waals surface area (Å²) in [5.41, 5.74) is -0.0862. The van der Waals surface area contributed by atoms with Crippen molar-refractivity contribution in [3.05, 3.63) is 23.8 Å². The molecule has 6 nitrogen and oxygen atoms in total. The van der Waals surface area contributed by atoms with Crippen molar-refractivity contribution < 1.29 is 23.8 Å². The molecule has 1 aromatic rings. The van der Waals surface area contributed by atoms with E-state index in [1.54, 1.807) is 19.1 Å². The second-order valence-corrected chi connectivity index (χ2v) is 7.24. The predicted octanol–water partition coefficient (Wildman–Crippen LogP) is 2.16. The summed E-state index contributed by atoms with van der Waals surface area (Å²) in [6.07, 6.45) is 0.320. The number of esters is 1. The van der Waals surface area contributed by atoms with E-state index < -0.39 is 21.6 Å². The lowest BCUT2D eigenvalue weighted by Crippen LogP contribution is -2.31. The van der Waals surface area contributed by atoms with Crippen LogP contribution in [0, 0.1) is 5.41 Å². The van der Waals surface area contributed by atoms with Gasteiger partial charge in [0.05, 0.1) is 0 Å². The minimum atomic E-state index is -1.10. The molecule has 2 aliphatic rings. The molecular formula is C15H15Cl2NO5. The molecule has 1 aliphatic carbocycles. The number of carbonyl (C=O) groups excluding carboxylic acids is 2. The number of nitrogens with one attached hydrogen (secondary N) is 1. The summed E-state index contributed by atoms with van der Waals surface area (Å²) in [5.74, 6) is 0.346. The predicted molar refractivity (Wildman–Crippen MR) is 82.5 cm³/mol. The van der Waals surface area contributed by atoms with E-state index in [1.807, 2.05) is 6.07 Å². The largest absolute Gasteiger partial charge is 0.455 e. The molecule has 1 fully saturated rings. The SMILES string of the molecule is C[C@]1(C(=O)OCC(=O)NCc2ccc3c(c2)OCO3)CC1(Cl)Cl. The molecule has 1 amide bonds. The second kappa shape index (κ2) is 5.76. The van der Waals surface area contributed by atoms with E-state index in [4.69, 9.17) is 37.4 Å². The zero-order chi connectivity index (χ0) is 16.7. The van der Waals surface area contributed by atoms with Crippen LogP contribution in [0.4, 0.5) is 0 Å². The Hall–Kier alpha value is -1.66. The Bertz CT molecular complexity index is 663. The summed E-state index contributed by atoms with van der Waals surface area (Å²) in [6, 6.07) is 5.38. The van der Waals surface area contributed by atoms with Crippen molar-refractivity contribution in [2.24, 2.45) is 5.41 Å². The van der Waals surface area contributed by atoms with Gasteiger partial charge in [0.25, 0.3) is 5.91 Å². The van der Waals surface area contributed by atoms with Gasteiger partial charge in [-0.15, -0.1) is 23.2 Å². The fraction of sp³-hybridized carbons (Fsp3) is 0.467. The fourth-order valence-electron chi connectivity index (χ4n) is 2.21. The molecule has 1 saturated carbocycles. The second-order valence-electron chi connectivity index (χ2n) is 5.75. The third-order valence-corrected chi connectivity index (χ3v) is 5.07. The minimum absolute atomic E-state index is 0.197. The van der Waals surface area contributed by atoms with Gasteiger partial charge in [-0.3, -0.25) is 9.59 Å². The van der Waals surface area contributed by atoms with E-state index in [0.717, 1.165) is 5.56 Å². The zero-order valence-electron chi connectivity index (χ0n) is 12.4. The fourth-order valence-corrected chi connectivity index (χ4v) is 2.90. The first-order valence-corrected chi connectivity index (χ1v) is 7.78. The molecule has 8 heteroatoms. The van der Waals surface area contributed by atoms with Crippen molar-refractivity contribution in [1.29, 1.82) is 0 Å². The molecule has 23 heavy (non-hydrogen) atoms. The topological polar surface area (TPSA) is 73.9 Å². The summed E-state index contributed by atoms with van der Waals surface area (Å²) in [7, 11) is 0. The Balaban J connectivity index is 1.44. The highest BCUT2D eigenvalue weighted by Crippen LogP contribution is 2.64. The smallest absolute Gasteiger partial charge is 0.315 e. The maximum Gasteiger partial charge on any atom is 0.315 e. The van der Waals surface area contributed by atoms with Gasteiger partial charge in [-0.05, 0) is 24.6 Å². The Morgan fingerprint density at radius 1 is 1.30 bits per heavy atom. The van der Waals surface area contributed by atoms with Crippen LogP contribution in [0.3, 0.4) is 0 Å². The van der Waals surface area contributed by atoms with Crippen LogP contribution in [0.25, 0.3) is 0 Å². The number of alkyl halides is 2. The van der Waals surface area contributed by atoms with Crippen LogP contribution in [-0.2, 0) is 20.9 Å². The molecule has 0 spiro atoms. The van der Waals surface area contributed by atoms with E-state index in [1.165, 1.54) is 0 Å². The number of halogens is 2. The van der Waals surface area contributed by atoms with Crippen molar-refractivity contribution in [2.45, 2.75) is 24.2 Å². The summed E-state index contributed by atoms with van der Waals surface area (Å²) in [5, 5.41) is 2.66. The third kappa shape index (κ3) is 3.19. The van der Waals surface area contributed by atoms with Gasteiger partial charge in [0, 0.05) is 13.0 Å². The molecule has 1 heterocycles. The van der Waals surface area contributed by atoms with E-state index >= 15 is 0 Å². The van der Waals surface area contributed by atoms with Gasteiger partial charge in [0.2, 0.25) is 6.79 Å². The van der Waals surface area contributed by atoms with Crippen molar-refractivity contribution in [3.8, 4) is 11.5 Å². The quantitative estimate of drug-likeness (QED) is 0.644. The summed E-state index contributed by atoms with van der Waals surface area (Å²) in [6.45, 7) is 1.73.